The number of hydrogen-bond acceptors (Lipinski definition) is 5. The monoisotopic (exact) mass is 295 g/mol. The van der Waals surface area contributed by atoms with Gasteiger partial charge in [0.15, 0.2) is 0 Å². The van der Waals surface area contributed by atoms with Crippen molar-refractivity contribution in [3.63, 3.8) is 0 Å². The number of carbonyl (C=O) groups is 1. The van der Waals surface area contributed by atoms with Crippen LogP contribution in [0, 0.1) is 12.7 Å². The summed E-state index contributed by atoms with van der Waals surface area (Å²) in [6, 6.07) is 4.38. The van der Waals surface area contributed by atoms with Crippen molar-refractivity contribution < 1.29 is 18.7 Å². The first kappa shape index (κ1) is 14.5. The maximum absolute atomic E-state index is 13.7. The summed E-state index contributed by atoms with van der Waals surface area (Å²) >= 11 is 1.43. The molecule has 0 aliphatic rings. The average molecular weight is 295 g/mol. The number of carbonyl (C=O) groups excluding carboxylic acids is 1. The molecule has 1 aromatic heterocycles. The highest BCUT2D eigenvalue weighted by Crippen LogP contribution is 2.18. The Morgan fingerprint density at radius 1 is 1.45 bits per heavy atom. The Morgan fingerprint density at radius 3 is 2.85 bits per heavy atom. The van der Waals surface area contributed by atoms with Crippen molar-refractivity contribution in [3.8, 4) is 5.75 Å². The van der Waals surface area contributed by atoms with Crippen molar-refractivity contribution in [2.24, 2.45) is 0 Å². The summed E-state index contributed by atoms with van der Waals surface area (Å²) in [6.07, 6.45) is -0.103. The Morgan fingerprint density at radius 2 is 2.25 bits per heavy atom. The van der Waals surface area contributed by atoms with Crippen molar-refractivity contribution in [2.75, 3.05) is 7.11 Å². The molecule has 0 bridgehead atoms. The molecule has 0 saturated heterocycles. The number of thiazole rings is 1. The average Bonchev–Trinajstić information content (AvgIpc) is 2.84. The van der Waals surface area contributed by atoms with Crippen LogP contribution in [0.4, 0.5) is 4.39 Å². The molecule has 0 atom stereocenters. The van der Waals surface area contributed by atoms with Crippen LogP contribution in [-0.2, 0) is 22.6 Å². The van der Waals surface area contributed by atoms with Gasteiger partial charge in [-0.3, -0.25) is 4.79 Å². The maximum atomic E-state index is 13.7. The van der Waals surface area contributed by atoms with E-state index in [1.54, 1.807) is 11.6 Å². The third kappa shape index (κ3) is 3.54. The molecule has 0 N–H and O–H groups in total. The van der Waals surface area contributed by atoms with E-state index >= 15 is 0 Å². The highest BCUT2D eigenvalue weighted by Gasteiger charge is 2.11. The lowest BCUT2D eigenvalue weighted by atomic mass is 10.1. The van der Waals surface area contributed by atoms with Gasteiger partial charge in [-0.25, -0.2) is 9.37 Å². The van der Waals surface area contributed by atoms with Crippen LogP contribution in [0.25, 0.3) is 0 Å². The van der Waals surface area contributed by atoms with Crippen LogP contribution in [-0.4, -0.2) is 18.1 Å². The Kier molecular flexibility index (Phi) is 4.68. The molecule has 0 radical (unpaired) electrons. The van der Waals surface area contributed by atoms with Gasteiger partial charge >= 0.3 is 5.97 Å². The number of rotatable bonds is 5. The molecule has 2 rings (SSSR count). The van der Waals surface area contributed by atoms with Gasteiger partial charge in [0.05, 0.1) is 29.6 Å². The molecule has 0 amide bonds. The van der Waals surface area contributed by atoms with E-state index in [2.05, 4.69) is 4.98 Å². The van der Waals surface area contributed by atoms with Crippen molar-refractivity contribution in [3.05, 3.63) is 45.7 Å². The van der Waals surface area contributed by atoms with Gasteiger partial charge in [-0.05, 0) is 18.6 Å². The molecule has 2 aromatic rings. The fourth-order valence-electron chi connectivity index (χ4n) is 1.62. The predicted molar refractivity (Wildman–Crippen MR) is 73.3 cm³/mol. The lowest BCUT2D eigenvalue weighted by Crippen LogP contribution is -2.09. The predicted octanol–water partition coefficient (Wildman–Crippen LogP) is 2.89. The van der Waals surface area contributed by atoms with E-state index in [1.165, 1.54) is 30.6 Å². The van der Waals surface area contributed by atoms with Crippen molar-refractivity contribution in [1.29, 1.82) is 0 Å². The molecule has 0 fully saturated rings. The largest absolute Gasteiger partial charge is 0.497 e. The zero-order chi connectivity index (χ0) is 14.5. The highest BCUT2D eigenvalue weighted by molar-refractivity contribution is 7.09. The van der Waals surface area contributed by atoms with Gasteiger partial charge in [-0.1, -0.05) is 6.07 Å². The summed E-state index contributed by atoms with van der Waals surface area (Å²) in [7, 11) is 1.46. The summed E-state index contributed by atoms with van der Waals surface area (Å²) in [6.45, 7) is 2.02. The number of aryl methyl sites for hydroxylation is 1. The van der Waals surface area contributed by atoms with Crippen LogP contribution >= 0.6 is 11.3 Å². The molecular formula is C14H14FNO3S. The van der Waals surface area contributed by atoms with Crippen LogP contribution in [0.1, 0.15) is 16.1 Å². The summed E-state index contributed by atoms with van der Waals surface area (Å²) < 4.78 is 23.7. The molecule has 1 heterocycles. The lowest BCUT2D eigenvalue weighted by Gasteiger charge is -2.06. The normalized spacial score (nSPS) is 10.3. The van der Waals surface area contributed by atoms with E-state index in [-0.39, 0.29) is 18.6 Å². The van der Waals surface area contributed by atoms with Crippen LogP contribution in [0.3, 0.4) is 0 Å². The molecule has 106 valence electrons. The van der Waals surface area contributed by atoms with Gasteiger partial charge in [-0.2, -0.15) is 0 Å². The van der Waals surface area contributed by atoms with E-state index in [0.717, 1.165) is 10.6 Å². The van der Waals surface area contributed by atoms with E-state index in [9.17, 15) is 9.18 Å². The van der Waals surface area contributed by atoms with E-state index < -0.39 is 11.8 Å². The Bertz CT molecular complexity index is 612. The zero-order valence-electron chi connectivity index (χ0n) is 11.2. The minimum absolute atomic E-state index is 0.103. The molecule has 1 aromatic carbocycles. The molecule has 6 heteroatoms. The number of methoxy groups -OCH3 is 1. The molecule has 0 unspecified atom stereocenters. The van der Waals surface area contributed by atoms with Gasteiger partial charge in [0.1, 0.15) is 18.2 Å². The van der Waals surface area contributed by atoms with E-state index in [1.807, 2.05) is 6.92 Å². The lowest BCUT2D eigenvalue weighted by molar-refractivity contribution is -0.144. The first-order chi connectivity index (χ1) is 9.60. The molecular weight excluding hydrogens is 281 g/mol. The molecule has 4 nitrogen and oxygen atoms in total. The minimum Gasteiger partial charge on any atom is -0.497 e. The Hall–Kier alpha value is -1.95. The van der Waals surface area contributed by atoms with Gasteiger partial charge in [0.25, 0.3) is 0 Å². The summed E-state index contributed by atoms with van der Waals surface area (Å²) in [5.41, 5.74) is 2.83. The quantitative estimate of drug-likeness (QED) is 0.796. The van der Waals surface area contributed by atoms with Crippen molar-refractivity contribution >= 4 is 17.3 Å². The van der Waals surface area contributed by atoms with Crippen molar-refractivity contribution in [1.82, 2.24) is 4.98 Å². The number of esters is 1. The molecule has 0 saturated carbocycles. The fraction of sp³-hybridized carbons (Fsp3) is 0.286. The maximum Gasteiger partial charge on any atom is 0.310 e. The fourth-order valence-corrected chi connectivity index (χ4v) is 2.30. The van der Waals surface area contributed by atoms with Gasteiger partial charge in [-0.15, -0.1) is 11.3 Å². The summed E-state index contributed by atoms with van der Waals surface area (Å²) in [5.74, 6) is -0.531. The van der Waals surface area contributed by atoms with Crippen LogP contribution < -0.4 is 4.74 Å². The Balaban J connectivity index is 1.93. The number of benzene rings is 1. The summed E-state index contributed by atoms with van der Waals surface area (Å²) in [4.78, 5) is 16.7. The highest BCUT2D eigenvalue weighted by atomic mass is 32.1. The SMILES string of the molecule is COc1ccc(CC(=O)OCc2scnc2C)c(F)c1. The second kappa shape index (κ2) is 6.47. The zero-order valence-corrected chi connectivity index (χ0v) is 12.0. The topological polar surface area (TPSA) is 48.4 Å². The molecule has 0 aliphatic heterocycles. The van der Waals surface area contributed by atoms with Crippen molar-refractivity contribution in [2.45, 2.75) is 20.0 Å². The third-order valence-electron chi connectivity index (χ3n) is 2.80. The van der Waals surface area contributed by atoms with Crippen LogP contribution in [0.2, 0.25) is 0 Å². The van der Waals surface area contributed by atoms with Gasteiger partial charge < -0.3 is 9.47 Å². The van der Waals surface area contributed by atoms with E-state index in [4.69, 9.17) is 9.47 Å². The smallest absolute Gasteiger partial charge is 0.310 e. The molecule has 20 heavy (non-hydrogen) atoms. The second-order valence-electron chi connectivity index (χ2n) is 4.16. The van der Waals surface area contributed by atoms with Gasteiger partial charge in [0, 0.05) is 6.07 Å². The number of nitrogens with zero attached hydrogens (tertiary/aromatic N) is 1. The number of ether oxygens (including phenoxy) is 2. The Labute approximate surface area is 120 Å². The second-order valence-corrected chi connectivity index (χ2v) is 5.10. The molecule has 0 spiro atoms. The number of hydrogen-bond donors (Lipinski definition) is 0. The first-order valence-electron chi connectivity index (χ1n) is 5.97. The number of aromatic nitrogens is 1. The van der Waals surface area contributed by atoms with Crippen LogP contribution in [0.15, 0.2) is 23.7 Å². The first-order valence-corrected chi connectivity index (χ1v) is 6.85. The number of halogens is 1. The van der Waals surface area contributed by atoms with Gasteiger partial charge in [0.2, 0.25) is 0 Å². The standard InChI is InChI=1S/C14H14FNO3S/c1-9-13(20-8-16-9)7-19-14(17)5-10-3-4-11(18-2)6-12(10)15/h3-4,6,8H,5,7H2,1-2H3. The molecule has 0 aliphatic carbocycles. The minimum atomic E-state index is -0.477. The van der Waals surface area contributed by atoms with Crippen LogP contribution in [0.5, 0.6) is 5.75 Å². The summed E-state index contributed by atoms with van der Waals surface area (Å²) in [5, 5.41) is 0. The van der Waals surface area contributed by atoms with E-state index in [0.29, 0.717) is 5.75 Å². The third-order valence-corrected chi connectivity index (χ3v) is 3.71.